The quantitative estimate of drug-likeness (QED) is 0.765. The second kappa shape index (κ2) is 8.05. The molecule has 0 radical (unpaired) electrons. The summed E-state index contributed by atoms with van der Waals surface area (Å²) in [6.45, 7) is 0.230. The Morgan fingerprint density at radius 1 is 1.11 bits per heavy atom. The summed E-state index contributed by atoms with van der Waals surface area (Å²) < 4.78 is 36.4. The molecule has 1 heterocycles. The zero-order valence-corrected chi connectivity index (χ0v) is 15.0. The number of nitrogens with one attached hydrogen (secondary N) is 1. The van der Waals surface area contributed by atoms with Gasteiger partial charge in [-0.1, -0.05) is 30.3 Å². The highest BCUT2D eigenvalue weighted by Gasteiger charge is 2.30. The first-order valence-electron chi connectivity index (χ1n) is 8.17. The van der Waals surface area contributed by atoms with Gasteiger partial charge in [-0.15, -0.1) is 0 Å². The number of benzene rings is 2. The molecule has 0 aliphatic carbocycles. The molecule has 3 rings (SSSR count). The van der Waals surface area contributed by atoms with Gasteiger partial charge in [-0.2, -0.15) is 0 Å². The van der Waals surface area contributed by atoms with Gasteiger partial charge in [0.25, 0.3) is 10.0 Å². The van der Waals surface area contributed by atoms with Gasteiger partial charge in [0.05, 0.1) is 17.6 Å². The van der Waals surface area contributed by atoms with Crippen LogP contribution in [-0.4, -0.2) is 33.1 Å². The molecule has 2 aromatic rings. The minimum absolute atomic E-state index is 0.206. The maximum Gasteiger partial charge on any atom is 0.347 e. The lowest BCUT2D eigenvalue weighted by atomic mass is 10.2. The Morgan fingerprint density at radius 2 is 1.81 bits per heavy atom. The second-order valence-electron chi connectivity index (χ2n) is 5.79. The number of hydrogen-bond acceptors (Lipinski definition) is 6. The van der Waals surface area contributed by atoms with E-state index in [1.807, 2.05) is 18.2 Å². The van der Waals surface area contributed by atoms with E-state index in [0.29, 0.717) is 12.1 Å². The first kappa shape index (κ1) is 18.7. The SMILES string of the molecule is O=C(O[C@H]1CCOC1=O)c1ccc(NS(=O)(=O)/C=C/c2ccccc2)cc1. The van der Waals surface area contributed by atoms with Crippen molar-refractivity contribution in [3.8, 4) is 0 Å². The minimum Gasteiger partial charge on any atom is -0.463 e. The molecule has 140 valence electrons. The third-order valence-corrected chi connectivity index (χ3v) is 4.77. The maximum atomic E-state index is 12.1. The van der Waals surface area contributed by atoms with Crippen LogP contribution in [0.25, 0.3) is 6.08 Å². The Morgan fingerprint density at radius 3 is 2.44 bits per heavy atom. The summed E-state index contributed by atoms with van der Waals surface area (Å²) in [5.74, 6) is -1.23. The van der Waals surface area contributed by atoms with Crippen LogP contribution in [0.2, 0.25) is 0 Å². The van der Waals surface area contributed by atoms with E-state index in [9.17, 15) is 18.0 Å². The summed E-state index contributed by atoms with van der Waals surface area (Å²) >= 11 is 0. The van der Waals surface area contributed by atoms with E-state index >= 15 is 0 Å². The Balaban J connectivity index is 1.62. The maximum absolute atomic E-state index is 12.1. The molecule has 7 nitrogen and oxygen atoms in total. The Labute approximate surface area is 156 Å². The molecule has 2 aromatic carbocycles. The van der Waals surface area contributed by atoms with Gasteiger partial charge in [-0.25, -0.2) is 18.0 Å². The van der Waals surface area contributed by atoms with Gasteiger partial charge in [-0.05, 0) is 35.9 Å². The Hall–Kier alpha value is -3.13. The van der Waals surface area contributed by atoms with E-state index in [-0.39, 0.29) is 12.2 Å². The molecule has 1 N–H and O–H groups in total. The molecule has 1 aliphatic rings. The zero-order valence-electron chi connectivity index (χ0n) is 14.2. The Bertz CT molecular complexity index is 951. The predicted octanol–water partition coefficient (Wildman–Crippen LogP) is 2.57. The topological polar surface area (TPSA) is 98.8 Å². The van der Waals surface area contributed by atoms with E-state index in [4.69, 9.17) is 9.47 Å². The summed E-state index contributed by atoms with van der Waals surface area (Å²) in [6, 6.07) is 14.7. The molecule has 1 aliphatic heterocycles. The lowest BCUT2D eigenvalue weighted by molar-refractivity contribution is -0.145. The van der Waals surface area contributed by atoms with E-state index in [1.165, 1.54) is 30.3 Å². The molecule has 1 fully saturated rings. The fourth-order valence-corrected chi connectivity index (χ4v) is 3.26. The van der Waals surface area contributed by atoms with Crippen LogP contribution in [-0.2, 0) is 24.3 Å². The van der Waals surface area contributed by atoms with Gasteiger partial charge in [0, 0.05) is 12.1 Å². The lowest BCUT2D eigenvalue weighted by Gasteiger charge is -2.09. The second-order valence-corrected chi connectivity index (χ2v) is 7.35. The van der Waals surface area contributed by atoms with Crippen molar-refractivity contribution in [1.29, 1.82) is 0 Å². The van der Waals surface area contributed by atoms with Gasteiger partial charge in [0.1, 0.15) is 0 Å². The molecule has 0 saturated carbocycles. The number of carbonyl (C=O) groups is 2. The first-order valence-corrected chi connectivity index (χ1v) is 9.71. The van der Waals surface area contributed by atoms with Gasteiger partial charge >= 0.3 is 11.9 Å². The highest BCUT2D eigenvalue weighted by Crippen LogP contribution is 2.16. The van der Waals surface area contributed by atoms with Crippen molar-refractivity contribution in [2.45, 2.75) is 12.5 Å². The van der Waals surface area contributed by atoms with Crippen molar-refractivity contribution >= 4 is 33.7 Å². The molecule has 8 heteroatoms. The predicted molar refractivity (Wildman–Crippen MR) is 99.2 cm³/mol. The molecule has 1 atom stereocenters. The van der Waals surface area contributed by atoms with Gasteiger partial charge in [0.15, 0.2) is 0 Å². The molecular weight excluding hydrogens is 370 g/mol. The highest BCUT2D eigenvalue weighted by atomic mass is 32.2. The fraction of sp³-hybridized carbons (Fsp3) is 0.158. The van der Waals surface area contributed by atoms with E-state index < -0.39 is 28.1 Å². The van der Waals surface area contributed by atoms with Gasteiger partial charge < -0.3 is 9.47 Å². The third-order valence-electron chi connectivity index (χ3n) is 3.76. The standard InChI is InChI=1S/C19H17NO6S/c21-18(26-17-10-12-25-19(17)22)15-6-8-16(9-7-15)20-27(23,24)13-11-14-4-2-1-3-5-14/h1-9,11,13,17,20H,10,12H2/b13-11+/t17-/m0/s1. The molecule has 0 spiro atoms. The summed E-state index contributed by atoms with van der Waals surface area (Å²) in [5, 5.41) is 1.07. The van der Waals surface area contributed by atoms with Crippen molar-refractivity contribution in [1.82, 2.24) is 0 Å². The van der Waals surface area contributed by atoms with Crippen molar-refractivity contribution in [2.75, 3.05) is 11.3 Å². The monoisotopic (exact) mass is 387 g/mol. The molecule has 0 bridgehead atoms. The number of carbonyl (C=O) groups excluding carboxylic acids is 2. The number of cyclic esters (lactones) is 1. The number of esters is 2. The van der Waals surface area contributed by atoms with Crippen LogP contribution >= 0.6 is 0 Å². The molecule has 0 amide bonds. The number of sulfonamides is 1. The molecule has 1 saturated heterocycles. The average Bonchev–Trinajstić information content (AvgIpc) is 3.06. The summed E-state index contributed by atoms with van der Waals surface area (Å²) in [6.07, 6.45) is 0.920. The normalized spacial score (nSPS) is 16.9. The van der Waals surface area contributed by atoms with Crippen molar-refractivity contribution in [3.63, 3.8) is 0 Å². The van der Waals surface area contributed by atoms with Crippen molar-refractivity contribution in [2.24, 2.45) is 0 Å². The molecule has 27 heavy (non-hydrogen) atoms. The van der Waals surface area contributed by atoms with Gasteiger partial charge in [-0.3, -0.25) is 4.72 Å². The van der Waals surface area contributed by atoms with Crippen molar-refractivity contribution < 1.29 is 27.5 Å². The smallest absolute Gasteiger partial charge is 0.347 e. The summed E-state index contributed by atoms with van der Waals surface area (Å²) in [7, 11) is -3.70. The number of anilines is 1. The number of rotatable bonds is 6. The highest BCUT2D eigenvalue weighted by molar-refractivity contribution is 7.95. The minimum atomic E-state index is -3.70. The van der Waals surface area contributed by atoms with Crippen LogP contribution in [0.15, 0.2) is 60.0 Å². The average molecular weight is 387 g/mol. The Kier molecular flexibility index (Phi) is 5.56. The van der Waals surface area contributed by atoms with E-state index in [1.54, 1.807) is 12.1 Å². The number of hydrogen-bond donors (Lipinski definition) is 1. The van der Waals surface area contributed by atoms with Crippen LogP contribution in [0.1, 0.15) is 22.3 Å². The largest absolute Gasteiger partial charge is 0.463 e. The van der Waals surface area contributed by atoms with E-state index in [0.717, 1.165) is 11.0 Å². The zero-order chi connectivity index (χ0) is 19.3. The van der Waals surface area contributed by atoms with E-state index in [2.05, 4.69) is 4.72 Å². The van der Waals surface area contributed by atoms with Gasteiger partial charge in [0.2, 0.25) is 6.10 Å². The van der Waals surface area contributed by atoms with Crippen LogP contribution in [0, 0.1) is 0 Å². The number of ether oxygens (including phenoxy) is 2. The van der Waals surface area contributed by atoms with Crippen LogP contribution in [0.3, 0.4) is 0 Å². The van der Waals surface area contributed by atoms with Crippen LogP contribution in [0.5, 0.6) is 0 Å². The third kappa shape index (κ3) is 5.18. The fourth-order valence-electron chi connectivity index (χ4n) is 2.39. The van der Waals surface area contributed by atoms with Crippen LogP contribution < -0.4 is 4.72 Å². The summed E-state index contributed by atoms with van der Waals surface area (Å²) in [4.78, 5) is 23.4. The molecular formula is C19H17NO6S. The summed E-state index contributed by atoms with van der Waals surface area (Å²) in [5.41, 5.74) is 1.26. The molecule has 0 unspecified atom stereocenters. The first-order chi connectivity index (χ1) is 12.9. The molecule has 0 aromatic heterocycles. The lowest BCUT2D eigenvalue weighted by Crippen LogP contribution is -2.22. The van der Waals surface area contributed by atoms with Crippen molar-refractivity contribution in [3.05, 3.63) is 71.1 Å². The van der Waals surface area contributed by atoms with Crippen LogP contribution in [0.4, 0.5) is 5.69 Å².